The molecular formula is C18H20N4O2. The maximum Gasteiger partial charge on any atom is 0.251 e. The van der Waals surface area contributed by atoms with Crippen LogP contribution in [0, 0.1) is 0 Å². The second-order valence-electron chi connectivity index (χ2n) is 5.75. The molecule has 2 aromatic carbocycles. The van der Waals surface area contributed by atoms with Crippen LogP contribution in [0.1, 0.15) is 41.8 Å². The number of hydrogen-bond acceptors (Lipinski definition) is 4. The lowest BCUT2D eigenvalue weighted by Crippen LogP contribution is -2.39. The van der Waals surface area contributed by atoms with E-state index in [2.05, 4.69) is 20.7 Å². The molecule has 0 unspecified atom stereocenters. The van der Waals surface area contributed by atoms with Gasteiger partial charge < -0.3 is 10.4 Å². The van der Waals surface area contributed by atoms with Crippen molar-refractivity contribution in [2.24, 2.45) is 0 Å². The first kappa shape index (κ1) is 16.1. The molecule has 124 valence electrons. The minimum absolute atomic E-state index is 0.228. The average Bonchev–Trinajstić information content (AvgIpc) is 3.09. The molecule has 0 aliphatic heterocycles. The average molecular weight is 324 g/mol. The molecular weight excluding hydrogens is 304 g/mol. The van der Waals surface area contributed by atoms with Crippen LogP contribution < -0.4 is 5.32 Å². The van der Waals surface area contributed by atoms with Crippen molar-refractivity contribution < 1.29 is 9.90 Å². The van der Waals surface area contributed by atoms with Crippen molar-refractivity contribution in [3.8, 4) is 0 Å². The molecule has 1 heterocycles. The van der Waals surface area contributed by atoms with Gasteiger partial charge in [0, 0.05) is 5.56 Å². The predicted molar refractivity (Wildman–Crippen MR) is 91.5 cm³/mol. The molecule has 0 saturated carbocycles. The van der Waals surface area contributed by atoms with Gasteiger partial charge in [-0.2, -0.15) is 15.4 Å². The molecule has 6 heteroatoms. The minimum atomic E-state index is -0.745. The third kappa shape index (κ3) is 3.44. The standard InChI is InChI=1S/C18H20N4O2/c1-2-6-15(17(23)12-7-4-3-5-8-12)19-18(24)13-9-10-14-16(11-13)21-22-20-14/h3-5,7-11,15,17,23H,2,6H2,1H3,(H,19,24)(H,20,21,22)/t15-,17-/m0/s1. The van der Waals surface area contributed by atoms with Crippen LogP contribution in [0.5, 0.6) is 0 Å². The number of aliphatic hydroxyl groups is 1. The molecule has 0 aliphatic carbocycles. The minimum Gasteiger partial charge on any atom is -0.386 e. The van der Waals surface area contributed by atoms with Crippen LogP contribution in [0.25, 0.3) is 11.0 Å². The number of aromatic amines is 1. The second kappa shape index (κ2) is 7.23. The molecule has 0 bridgehead atoms. The van der Waals surface area contributed by atoms with Gasteiger partial charge in [-0.25, -0.2) is 0 Å². The maximum atomic E-state index is 12.6. The van der Waals surface area contributed by atoms with Gasteiger partial charge in [0.1, 0.15) is 11.0 Å². The Bertz CT molecular complexity index is 816. The maximum absolute atomic E-state index is 12.6. The van der Waals surface area contributed by atoms with Gasteiger partial charge in [-0.15, -0.1) is 0 Å². The summed E-state index contributed by atoms with van der Waals surface area (Å²) >= 11 is 0. The molecule has 3 rings (SSSR count). The molecule has 1 amide bonds. The first-order chi connectivity index (χ1) is 11.7. The van der Waals surface area contributed by atoms with E-state index in [1.807, 2.05) is 37.3 Å². The highest BCUT2D eigenvalue weighted by atomic mass is 16.3. The molecule has 24 heavy (non-hydrogen) atoms. The fourth-order valence-corrected chi connectivity index (χ4v) is 2.74. The summed E-state index contributed by atoms with van der Waals surface area (Å²) in [7, 11) is 0. The summed E-state index contributed by atoms with van der Waals surface area (Å²) in [4.78, 5) is 12.6. The van der Waals surface area contributed by atoms with Crippen LogP contribution in [0.3, 0.4) is 0 Å². The van der Waals surface area contributed by atoms with E-state index in [0.717, 1.165) is 12.0 Å². The highest BCUT2D eigenvalue weighted by Crippen LogP contribution is 2.20. The Hall–Kier alpha value is -2.73. The van der Waals surface area contributed by atoms with Gasteiger partial charge in [-0.05, 0) is 30.2 Å². The number of aromatic nitrogens is 3. The number of carbonyl (C=O) groups is 1. The predicted octanol–water partition coefficient (Wildman–Crippen LogP) is 2.59. The van der Waals surface area contributed by atoms with Crippen LogP contribution in [-0.2, 0) is 0 Å². The number of fused-ring (bicyclic) bond motifs is 1. The highest BCUT2D eigenvalue weighted by Gasteiger charge is 2.22. The Balaban J connectivity index is 1.78. The van der Waals surface area contributed by atoms with E-state index in [1.165, 1.54) is 0 Å². The fraction of sp³-hybridized carbons (Fsp3) is 0.278. The molecule has 3 aromatic rings. The molecule has 0 aliphatic rings. The van der Waals surface area contributed by atoms with E-state index >= 15 is 0 Å². The topological polar surface area (TPSA) is 90.9 Å². The van der Waals surface area contributed by atoms with Crippen LogP contribution >= 0.6 is 0 Å². The molecule has 1 aromatic heterocycles. The first-order valence-corrected chi connectivity index (χ1v) is 8.03. The van der Waals surface area contributed by atoms with E-state index in [9.17, 15) is 9.90 Å². The van der Waals surface area contributed by atoms with Crippen molar-refractivity contribution in [1.82, 2.24) is 20.7 Å². The monoisotopic (exact) mass is 324 g/mol. The summed E-state index contributed by atoms with van der Waals surface area (Å²) in [6.07, 6.45) is 0.802. The number of benzene rings is 2. The van der Waals surface area contributed by atoms with Crippen LogP contribution in [0.2, 0.25) is 0 Å². The third-order valence-corrected chi connectivity index (χ3v) is 4.02. The van der Waals surface area contributed by atoms with E-state index in [4.69, 9.17) is 0 Å². The quantitative estimate of drug-likeness (QED) is 0.650. The van der Waals surface area contributed by atoms with Crippen molar-refractivity contribution in [2.75, 3.05) is 0 Å². The molecule has 2 atom stereocenters. The number of H-pyrrole nitrogens is 1. The lowest BCUT2D eigenvalue weighted by Gasteiger charge is -2.24. The van der Waals surface area contributed by atoms with Crippen LogP contribution in [0.4, 0.5) is 0 Å². The molecule has 0 spiro atoms. The van der Waals surface area contributed by atoms with Gasteiger partial charge in [0.25, 0.3) is 5.91 Å². The number of hydrogen-bond donors (Lipinski definition) is 3. The highest BCUT2D eigenvalue weighted by molar-refractivity contribution is 5.97. The van der Waals surface area contributed by atoms with E-state index in [-0.39, 0.29) is 11.9 Å². The zero-order valence-corrected chi connectivity index (χ0v) is 13.4. The smallest absolute Gasteiger partial charge is 0.251 e. The Morgan fingerprint density at radius 2 is 1.92 bits per heavy atom. The fourth-order valence-electron chi connectivity index (χ4n) is 2.74. The van der Waals surface area contributed by atoms with Gasteiger partial charge in [0.05, 0.1) is 12.1 Å². The summed E-state index contributed by atoms with van der Waals surface area (Å²) < 4.78 is 0. The van der Waals surface area contributed by atoms with Crippen molar-refractivity contribution in [1.29, 1.82) is 0 Å². The zero-order valence-electron chi connectivity index (χ0n) is 13.4. The normalized spacial score (nSPS) is 13.6. The van der Waals surface area contributed by atoms with E-state index in [1.54, 1.807) is 18.2 Å². The summed E-state index contributed by atoms with van der Waals surface area (Å²) in [5.74, 6) is -0.228. The van der Waals surface area contributed by atoms with Crippen molar-refractivity contribution >= 4 is 16.9 Å². The lowest BCUT2D eigenvalue weighted by molar-refractivity contribution is 0.0820. The molecule has 0 radical (unpaired) electrons. The van der Waals surface area contributed by atoms with Gasteiger partial charge in [-0.3, -0.25) is 4.79 Å². The third-order valence-electron chi connectivity index (χ3n) is 4.02. The Labute approximate surface area is 139 Å². The second-order valence-corrected chi connectivity index (χ2v) is 5.75. The Kier molecular flexibility index (Phi) is 4.86. The lowest BCUT2D eigenvalue weighted by atomic mass is 9.98. The van der Waals surface area contributed by atoms with Crippen LogP contribution in [0.15, 0.2) is 48.5 Å². The Morgan fingerprint density at radius 3 is 2.67 bits per heavy atom. The first-order valence-electron chi connectivity index (χ1n) is 8.03. The molecule has 6 nitrogen and oxygen atoms in total. The largest absolute Gasteiger partial charge is 0.386 e. The number of nitrogens with zero attached hydrogens (tertiary/aromatic N) is 2. The zero-order chi connectivity index (χ0) is 16.9. The summed E-state index contributed by atoms with van der Waals surface area (Å²) in [5, 5.41) is 24.0. The van der Waals surface area contributed by atoms with Crippen molar-refractivity contribution in [3.05, 3.63) is 59.7 Å². The number of nitrogens with one attached hydrogen (secondary N) is 2. The van der Waals surface area contributed by atoms with Gasteiger partial charge >= 0.3 is 0 Å². The summed E-state index contributed by atoms with van der Waals surface area (Å²) in [5.41, 5.74) is 2.64. The van der Waals surface area contributed by atoms with Crippen LogP contribution in [-0.4, -0.2) is 32.5 Å². The van der Waals surface area contributed by atoms with Gasteiger partial charge in [0.15, 0.2) is 0 Å². The molecule has 3 N–H and O–H groups in total. The van der Waals surface area contributed by atoms with Gasteiger partial charge in [0.2, 0.25) is 0 Å². The Morgan fingerprint density at radius 1 is 1.17 bits per heavy atom. The van der Waals surface area contributed by atoms with E-state index in [0.29, 0.717) is 23.0 Å². The number of amides is 1. The number of aliphatic hydroxyl groups excluding tert-OH is 1. The van der Waals surface area contributed by atoms with Crippen molar-refractivity contribution in [3.63, 3.8) is 0 Å². The van der Waals surface area contributed by atoms with E-state index < -0.39 is 6.10 Å². The SMILES string of the molecule is CCC[C@H](NC(=O)c1ccc2n[nH]nc2c1)[C@@H](O)c1ccccc1. The number of rotatable bonds is 6. The van der Waals surface area contributed by atoms with Crippen molar-refractivity contribution in [2.45, 2.75) is 31.9 Å². The van der Waals surface area contributed by atoms with Gasteiger partial charge in [-0.1, -0.05) is 43.7 Å². The molecule has 0 saturated heterocycles. The number of carbonyl (C=O) groups excluding carboxylic acids is 1. The summed E-state index contributed by atoms with van der Waals surface area (Å²) in [6.45, 7) is 2.03. The molecule has 0 fully saturated rings. The summed E-state index contributed by atoms with van der Waals surface area (Å²) in [6, 6.07) is 14.2.